The molecule has 0 spiro atoms. The zero-order valence-electron chi connectivity index (χ0n) is 33.6. The number of fused-ring (bicyclic) bond motifs is 4. The van der Waals surface area contributed by atoms with E-state index in [0.29, 0.717) is 0 Å². The van der Waals surface area contributed by atoms with Crippen molar-refractivity contribution in [2.45, 2.75) is 0 Å². The van der Waals surface area contributed by atoms with E-state index in [2.05, 4.69) is 254 Å². The Kier molecular flexibility index (Phi) is 9.26. The van der Waals surface area contributed by atoms with Crippen LogP contribution in [-0.4, -0.2) is 0 Å². The Hall–Kier alpha value is -8.00. The Balaban J connectivity index is 1.00. The van der Waals surface area contributed by atoms with Crippen molar-refractivity contribution in [1.29, 1.82) is 0 Å². The van der Waals surface area contributed by atoms with Crippen LogP contribution in [0, 0.1) is 0 Å². The molecule has 0 aromatic heterocycles. The van der Waals surface area contributed by atoms with Crippen LogP contribution in [0.4, 0.5) is 17.1 Å². The van der Waals surface area contributed by atoms with Crippen LogP contribution in [0.5, 0.6) is 0 Å². The van der Waals surface area contributed by atoms with Gasteiger partial charge in [-0.15, -0.1) is 0 Å². The van der Waals surface area contributed by atoms with E-state index >= 15 is 0 Å². The first-order chi connectivity index (χ1) is 30.2. The minimum Gasteiger partial charge on any atom is -0.311 e. The lowest BCUT2D eigenvalue weighted by Gasteiger charge is -2.26. The molecule has 0 saturated heterocycles. The summed E-state index contributed by atoms with van der Waals surface area (Å²) < 4.78 is 0. The van der Waals surface area contributed by atoms with Crippen molar-refractivity contribution in [3.63, 3.8) is 0 Å². The monoisotopic (exact) mass is 775 g/mol. The molecule has 0 bridgehead atoms. The SMILES string of the molecule is c1ccc(-c2ccc(-c3ccc(N(c4ccc(-c5c(-c6ccccc6)ccc6ccccc56)cc4)c4ccc(-c5cc6ccccc6c6ccccc56)cc4)cc3)cc2)cc1. The van der Waals surface area contributed by atoms with Gasteiger partial charge in [0.05, 0.1) is 0 Å². The molecule has 0 unspecified atom stereocenters. The van der Waals surface area contributed by atoms with Crippen LogP contribution >= 0.6 is 0 Å². The number of hydrogen-bond acceptors (Lipinski definition) is 1. The van der Waals surface area contributed by atoms with Crippen molar-refractivity contribution in [3.8, 4) is 55.6 Å². The first-order valence-electron chi connectivity index (χ1n) is 21.0. The summed E-state index contributed by atoms with van der Waals surface area (Å²) in [6.45, 7) is 0. The number of nitrogens with zero attached hydrogens (tertiary/aromatic N) is 1. The van der Waals surface area contributed by atoms with Gasteiger partial charge in [0.2, 0.25) is 0 Å². The molecule has 0 aliphatic carbocycles. The summed E-state index contributed by atoms with van der Waals surface area (Å²) in [5, 5.41) is 7.55. The van der Waals surface area contributed by atoms with Crippen LogP contribution < -0.4 is 4.90 Å². The molecule has 0 aliphatic rings. The van der Waals surface area contributed by atoms with Gasteiger partial charge in [-0.05, 0) is 130 Å². The molecule has 61 heavy (non-hydrogen) atoms. The third-order valence-electron chi connectivity index (χ3n) is 12.1. The molecule has 0 radical (unpaired) electrons. The summed E-state index contributed by atoms with van der Waals surface area (Å²) >= 11 is 0. The van der Waals surface area contributed by atoms with Crippen molar-refractivity contribution < 1.29 is 0 Å². The smallest absolute Gasteiger partial charge is 0.0462 e. The van der Waals surface area contributed by atoms with Gasteiger partial charge in [-0.1, -0.05) is 206 Å². The van der Waals surface area contributed by atoms with E-state index in [4.69, 9.17) is 0 Å². The Labute approximate surface area is 357 Å². The fraction of sp³-hybridized carbons (Fsp3) is 0. The quantitative estimate of drug-likeness (QED) is 0.139. The van der Waals surface area contributed by atoms with Gasteiger partial charge in [0.1, 0.15) is 0 Å². The molecule has 0 N–H and O–H groups in total. The highest BCUT2D eigenvalue weighted by atomic mass is 15.1. The van der Waals surface area contributed by atoms with Crippen LogP contribution in [0.25, 0.3) is 88.0 Å². The average Bonchev–Trinajstić information content (AvgIpc) is 3.35. The number of rotatable bonds is 8. The topological polar surface area (TPSA) is 3.24 Å². The Bertz CT molecular complexity index is 3300. The maximum Gasteiger partial charge on any atom is 0.0462 e. The molecular weight excluding hydrogens is 735 g/mol. The van der Waals surface area contributed by atoms with E-state index in [1.165, 1.54) is 88.0 Å². The Morgan fingerprint density at radius 2 is 0.607 bits per heavy atom. The van der Waals surface area contributed by atoms with E-state index in [-0.39, 0.29) is 0 Å². The highest BCUT2D eigenvalue weighted by molar-refractivity contribution is 6.14. The molecule has 1 heteroatoms. The van der Waals surface area contributed by atoms with E-state index < -0.39 is 0 Å². The number of anilines is 3. The summed E-state index contributed by atoms with van der Waals surface area (Å²) in [7, 11) is 0. The summed E-state index contributed by atoms with van der Waals surface area (Å²) in [4.78, 5) is 2.37. The lowest BCUT2D eigenvalue weighted by molar-refractivity contribution is 1.28. The Morgan fingerprint density at radius 3 is 1.20 bits per heavy atom. The van der Waals surface area contributed by atoms with Gasteiger partial charge in [-0.3, -0.25) is 0 Å². The van der Waals surface area contributed by atoms with Crippen LogP contribution in [-0.2, 0) is 0 Å². The van der Waals surface area contributed by atoms with Gasteiger partial charge in [-0.2, -0.15) is 0 Å². The van der Waals surface area contributed by atoms with Crippen LogP contribution in [0.2, 0.25) is 0 Å². The van der Waals surface area contributed by atoms with E-state index in [0.717, 1.165) is 17.1 Å². The molecule has 11 rings (SSSR count). The van der Waals surface area contributed by atoms with Crippen molar-refractivity contribution in [2.75, 3.05) is 4.90 Å². The van der Waals surface area contributed by atoms with Crippen molar-refractivity contribution in [2.24, 2.45) is 0 Å². The second-order valence-corrected chi connectivity index (χ2v) is 15.7. The van der Waals surface area contributed by atoms with Gasteiger partial charge in [0, 0.05) is 17.1 Å². The lowest BCUT2D eigenvalue weighted by Crippen LogP contribution is -2.09. The normalized spacial score (nSPS) is 11.3. The first-order valence-corrected chi connectivity index (χ1v) is 21.0. The highest BCUT2D eigenvalue weighted by Gasteiger charge is 2.17. The van der Waals surface area contributed by atoms with Gasteiger partial charge in [0.25, 0.3) is 0 Å². The fourth-order valence-electron chi connectivity index (χ4n) is 9.04. The van der Waals surface area contributed by atoms with E-state index in [9.17, 15) is 0 Å². The average molecular weight is 776 g/mol. The first kappa shape index (κ1) is 36.1. The minimum absolute atomic E-state index is 1.09. The Morgan fingerprint density at radius 1 is 0.213 bits per heavy atom. The molecule has 11 aromatic rings. The second kappa shape index (κ2) is 15.6. The summed E-state index contributed by atoms with van der Waals surface area (Å²) in [6, 6.07) is 90.3. The predicted molar refractivity (Wildman–Crippen MR) is 261 cm³/mol. The van der Waals surface area contributed by atoms with Crippen LogP contribution in [0.15, 0.2) is 249 Å². The summed E-state index contributed by atoms with van der Waals surface area (Å²) in [6.07, 6.45) is 0. The maximum absolute atomic E-state index is 2.37. The summed E-state index contributed by atoms with van der Waals surface area (Å²) in [5.74, 6) is 0. The summed E-state index contributed by atoms with van der Waals surface area (Å²) in [5.41, 5.74) is 15.4. The minimum atomic E-state index is 1.09. The van der Waals surface area contributed by atoms with E-state index in [1.54, 1.807) is 0 Å². The molecule has 0 saturated carbocycles. The van der Waals surface area contributed by atoms with Gasteiger partial charge in [0.15, 0.2) is 0 Å². The number of benzene rings is 11. The molecular formula is C60H41N. The van der Waals surface area contributed by atoms with Crippen molar-refractivity contribution in [1.82, 2.24) is 0 Å². The third-order valence-corrected chi connectivity index (χ3v) is 12.1. The lowest BCUT2D eigenvalue weighted by atomic mass is 9.89. The predicted octanol–water partition coefficient (Wildman–Crippen LogP) is 17.0. The third kappa shape index (κ3) is 6.83. The molecule has 0 heterocycles. The highest BCUT2D eigenvalue weighted by Crippen LogP contribution is 2.42. The zero-order chi connectivity index (χ0) is 40.5. The number of hydrogen-bond donors (Lipinski definition) is 0. The van der Waals surface area contributed by atoms with Crippen LogP contribution in [0.1, 0.15) is 0 Å². The molecule has 286 valence electrons. The van der Waals surface area contributed by atoms with Gasteiger partial charge < -0.3 is 4.90 Å². The molecule has 0 aliphatic heterocycles. The zero-order valence-corrected chi connectivity index (χ0v) is 33.6. The molecule has 0 fully saturated rings. The molecule has 1 nitrogen and oxygen atoms in total. The van der Waals surface area contributed by atoms with Crippen LogP contribution in [0.3, 0.4) is 0 Å². The largest absolute Gasteiger partial charge is 0.311 e. The molecule has 11 aromatic carbocycles. The van der Waals surface area contributed by atoms with Gasteiger partial charge >= 0.3 is 0 Å². The molecule has 0 amide bonds. The van der Waals surface area contributed by atoms with Crippen molar-refractivity contribution >= 4 is 49.4 Å². The standard InChI is InChI=1S/C60H41N/c1-3-13-42(14-4-1)43-23-25-44(26-24-43)45-27-34-51(35-28-45)61(52-36-29-48(30-37-52)59-41-50-18-8-9-19-54(50)57-21-11-12-22-58(57)59)53-38-31-49(32-39-53)60-55-20-10-7-17-47(55)33-40-56(60)46-15-5-2-6-16-46/h1-41H. The maximum atomic E-state index is 2.37. The fourth-order valence-corrected chi connectivity index (χ4v) is 9.04. The molecule has 0 atom stereocenters. The van der Waals surface area contributed by atoms with Crippen molar-refractivity contribution in [3.05, 3.63) is 249 Å². The van der Waals surface area contributed by atoms with Gasteiger partial charge in [-0.25, -0.2) is 0 Å². The second-order valence-electron chi connectivity index (χ2n) is 15.7. The van der Waals surface area contributed by atoms with E-state index in [1.807, 2.05) is 0 Å².